The lowest BCUT2D eigenvalue weighted by atomic mass is 10.1. The molecule has 6 heteroatoms. The molecule has 2 heterocycles. The molecule has 1 aromatic carbocycles. The molecule has 1 amide bonds. The second kappa shape index (κ2) is 8.06. The van der Waals surface area contributed by atoms with Gasteiger partial charge in [0.25, 0.3) is 0 Å². The fraction of sp³-hybridized carbons (Fsp3) is 0.474. The van der Waals surface area contributed by atoms with Gasteiger partial charge in [0.15, 0.2) is 5.16 Å². The third-order valence-corrected chi connectivity index (χ3v) is 5.46. The van der Waals surface area contributed by atoms with E-state index in [2.05, 4.69) is 21.7 Å². The third-order valence-electron chi connectivity index (χ3n) is 4.37. The molecule has 0 bridgehead atoms. The van der Waals surface area contributed by atoms with E-state index in [4.69, 9.17) is 4.74 Å². The van der Waals surface area contributed by atoms with Crippen LogP contribution < -0.4 is 0 Å². The minimum atomic E-state index is -0.177. The van der Waals surface area contributed by atoms with Crippen LogP contribution in [0, 0.1) is 0 Å². The molecule has 0 N–H and O–H groups in total. The van der Waals surface area contributed by atoms with Gasteiger partial charge in [-0.3, -0.25) is 4.79 Å². The number of imidazole rings is 1. The molecular formula is C19H25N3O2S. The number of hydrogen-bond donors (Lipinski definition) is 0. The largest absolute Gasteiger partial charge is 0.376 e. The number of amides is 1. The SMILES string of the molecule is CC(Sc1ncc(-c2ccccc2)n1CC1CCCO1)C(=O)N(C)C. The van der Waals surface area contributed by atoms with Crippen LogP contribution in [-0.2, 0) is 16.1 Å². The Kier molecular flexibility index (Phi) is 5.81. The summed E-state index contributed by atoms with van der Waals surface area (Å²) in [5.41, 5.74) is 2.20. The van der Waals surface area contributed by atoms with E-state index in [1.807, 2.05) is 31.3 Å². The Bertz CT molecular complexity index is 709. The average Bonchev–Trinajstić information content (AvgIpc) is 3.26. The summed E-state index contributed by atoms with van der Waals surface area (Å²) in [4.78, 5) is 18.5. The molecule has 2 atom stereocenters. The first-order valence-corrected chi connectivity index (χ1v) is 9.54. The molecule has 0 saturated carbocycles. The zero-order valence-electron chi connectivity index (χ0n) is 15.0. The van der Waals surface area contributed by atoms with Gasteiger partial charge in [0.2, 0.25) is 5.91 Å². The van der Waals surface area contributed by atoms with Crippen LogP contribution in [0.2, 0.25) is 0 Å². The number of carbonyl (C=O) groups is 1. The van der Waals surface area contributed by atoms with Crippen molar-refractivity contribution in [3.8, 4) is 11.3 Å². The number of rotatable bonds is 6. The summed E-state index contributed by atoms with van der Waals surface area (Å²) in [5, 5.41) is 0.696. The second-order valence-corrected chi connectivity index (χ2v) is 7.84. The number of hydrogen-bond acceptors (Lipinski definition) is 4. The maximum atomic E-state index is 12.2. The zero-order valence-corrected chi connectivity index (χ0v) is 15.8. The first kappa shape index (κ1) is 18.0. The molecule has 1 saturated heterocycles. The lowest BCUT2D eigenvalue weighted by molar-refractivity contribution is -0.127. The smallest absolute Gasteiger partial charge is 0.235 e. The Morgan fingerprint density at radius 1 is 1.40 bits per heavy atom. The molecule has 1 fully saturated rings. The highest BCUT2D eigenvalue weighted by Crippen LogP contribution is 2.30. The van der Waals surface area contributed by atoms with Crippen LogP contribution in [0.25, 0.3) is 11.3 Å². The maximum Gasteiger partial charge on any atom is 0.235 e. The minimum absolute atomic E-state index is 0.0953. The van der Waals surface area contributed by atoms with Crippen molar-refractivity contribution < 1.29 is 9.53 Å². The first-order valence-electron chi connectivity index (χ1n) is 8.66. The van der Waals surface area contributed by atoms with Crippen molar-refractivity contribution in [3.05, 3.63) is 36.5 Å². The minimum Gasteiger partial charge on any atom is -0.376 e. The van der Waals surface area contributed by atoms with E-state index < -0.39 is 0 Å². The Morgan fingerprint density at radius 2 is 2.16 bits per heavy atom. The van der Waals surface area contributed by atoms with Gasteiger partial charge in [-0.1, -0.05) is 42.1 Å². The third kappa shape index (κ3) is 4.25. The van der Waals surface area contributed by atoms with E-state index in [9.17, 15) is 4.79 Å². The first-order chi connectivity index (χ1) is 12.1. The number of benzene rings is 1. The normalized spacial score (nSPS) is 18.3. The summed E-state index contributed by atoms with van der Waals surface area (Å²) in [6, 6.07) is 10.3. The van der Waals surface area contributed by atoms with Crippen molar-refractivity contribution in [2.75, 3.05) is 20.7 Å². The van der Waals surface area contributed by atoms with E-state index >= 15 is 0 Å². The molecule has 134 valence electrons. The van der Waals surface area contributed by atoms with Gasteiger partial charge in [-0.05, 0) is 25.3 Å². The van der Waals surface area contributed by atoms with E-state index in [0.29, 0.717) is 0 Å². The molecule has 0 radical (unpaired) electrons. The molecule has 2 aromatic rings. The summed E-state index contributed by atoms with van der Waals surface area (Å²) in [5.74, 6) is 0.0953. The predicted octanol–water partition coefficient (Wildman–Crippen LogP) is 3.30. The number of nitrogens with zero attached hydrogens (tertiary/aromatic N) is 3. The summed E-state index contributed by atoms with van der Waals surface area (Å²) >= 11 is 1.51. The number of thioether (sulfide) groups is 1. The Balaban J connectivity index is 1.89. The number of aromatic nitrogens is 2. The Hall–Kier alpha value is -1.79. The monoisotopic (exact) mass is 359 g/mol. The van der Waals surface area contributed by atoms with Gasteiger partial charge in [0, 0.05) is 20.7 Å². The molecule has 2 unspecified atom stereocenters. The van der Waals surface area contributed by atoms with Crippen molar-refractivity contribution in [3.63, 3.8) is 0 Å². The van der Waals surface area contributed by atoms with Gasteiger partial charge in [0.05, 0.1) is 29.8 Å². The average molecular weight is 359 g/mol. The predicted molar refractivity (Wildman–Crippen MR) is 101 cm³/mol. The van der Waals surface area contributed by atoms with E-state index in [1.165, 1.54) is 11.8 Å². The summed E-state index contributed by atoms with van der Waals surface area (Å²) in [7, 11) is 3.57. The zero-order chi connectivity index (χ0) is 17.8. The molecule has 1 aliphatic rings. The van der Waals surface area contributed by atoms with Crippen LogP contribution in [0.5, 0.6) is 0 Å². The van der Waals surface area contributed by atoms with Crippen molar-refractivity contribution in [2.45, 2.75) is 42.8 Å². The summed E-state index contributed by atoms with van der Waals surface area (Å²) in [6.07, 6.45) is 4.30. The van der Waals surface area contributed by atoms with Gasteiger partial charge in [-0.2, -0.15) is 0 Å². The highest BCUT2D eigenvalue weighted by atomic mass is 32.2. The van der Waals surface area contributed by atoms with Crippen LogP contribution in [0.1, 0.15) is 19.8 Å². The van der Waals surface area contributed by atoms with Crippen molar-refractivity contribution in [1.29, 1.82) is 0 Å². The van der Waals surface area contributed by atoms with E-state index in [-0.39, 0.29) is 17.3 Å². The molecule has 3 rings (SSSR count). The maximum absolute atomic E-state index is 12.2. The standard InChI is InChI=1S/C19H25N3O2S/c1-14(18(23)21(2)3)25-19-20-12-17(15-8-5-4-6-9-15)22(19)13-16-10-7-11-24-16/h4-6,8-9,12,14,16H,7,10-11,13H2,1-3H3. The van der Waals surface area contributed by atoms with Crippen LogP contribution >= 0.6 is 11.8 Å². The molecule has 25 heavy (non-hydrogen) atoms. The molecular weight excluding hydrogens is 334 g/mol. The highest BCUT2D eigenvalue weighted by Gasteiger charge is 2.24. The van der Waals surface area contributed by atoms with Crippen molar-refractivity contribution in [2.24, 2.45) is 0 Å². The van der Waals surface area contributed by atoms with Crippen molar-refractivity contribution >= 4 is 17.7 Å². The Morgan fingerprint density at radius 3 is 2.80 bits per heavy atom. The number of carbonyl (C=O) groups excluding carboxylic acids is 1. The van der Waals surface area contributed by atoms with Crippen molar-refractivity contribution in [1.82, 2.24) is 14.5 Å². The van der Waals surface area contributed by atoms with Gasteiger partial charge < -0.3 is 14.2 Å². The van der Waals surface area contributed by atoms with Gasteiger partial charge in [0.1, 0.15) is 0 Å². The molecule has 1 aromatic heterocycles. The fourth-order valence-corrected chi connectivity index (χ4v) is 4.07. The Labute approximate surface area is 153 Å². The van der Waals surface area contributed by atoms with E-state index in [0.717, 1.165) is 42.4 Å². The van der Waals surface area contributed by atoms with Gasteiger partial charge in [-0.15, -0.1) is 0 Å². The van der Waals surface area contributed by atoms with Gasteiger partial charge >= 0.3 is 0 Å². The fourth-order valence-electron chi connectivity index (χ4n) is 3.03. The highest BCUT2D eigenvalue weighted by molar-refractivity contribution is 8.00. The molecule has 0 aliphatic carbocycles. The van der Waals surface area contributed by atoms with Crippen LogP contribution in [0.3, 0.4) is 0 Å². The van der Waals surface area contributed by atoms with Crippen LogP contribution in [0.4, 0.5) is 0 Å². The summed E-state index contributed by atoms with van der Waals surface area (Å²) < 4.78 is 8.03. The number of ether oxygens (including phenoxy) is 1. The molecule has 1 aliphatic heterocycles. The van der Waals surface area contributed by atoms with E-state index in [1.54, 1.807) is 19.0 Å². The molecule has 5 nitrogen and oxygen atoms in total. The quantitative estimate of drug-likeness (QED) is 0.743. The lowest BCUT2D eigenvalue weighted by Gasteiger charge is -2.19. The lowest BCUT2D eigenvalue weighted by Crippen LogP contribution is -2.30. The summed E-state index contributed by atoms with van der Waals surface area (Å²) in [6.45, 7) is 3.54. The molecule has 0 spiro atoms. The second-order valence-electron chi connectivity index (χ2n) is 6.53. The van der Waals surface area contributed by atoms with Crippen LogP contribution in [0.15, 0.2) is 41.7 Å². The topological polar surface area (TPSA) is 47.4 Å². The van der Waals surface area contributed by atoms with Gasteiger partial charge in [-0.25, -0.2) is 4.98 Å². The van der Waals surface area contributed by atoms with Crippen LogP contribution in [-0.4, -0.2) is 52.4 Å².